The Hall–Kier alpha value is -3.28. The number of rotatable bonds is 3. The Balaban J connectivity index is 1.53. The van der Waals surface area contributed by atoms with E-state index in [2.05, 4.69) is 28.3 Å². The molecule has 5 aromatic rings. The van der Waals surface area contributed by atoms with E-state index in [0.29, 0.717) is 20.3 Å². The van der Waals surface area contributed by atoms with Crippen molar-refractivity contribution in [1.29, 1.82) is 0 Å². The largest absolute Gasteiger partial charge is 0.291 e. The molecule has 0 unspecified atom stereocenters. The lowest BCUT2D eigenvalue weighted by atomic mass is 10.0. The van der Waals surface area contributed by atoms with Crippen LogP contribution >= 0.6 is 22.9 Å². The summed E-state index contributed by atoms with van der Waals surface area (Å²) < 4.78 is 1.98. The van der Waals surface area contributed by atoms with Gasteiger partial charge < -0.3 is 0 Å². The summed E-state index contributed by atoms with van der Waals surface area (Å²) in [6.45, 7) is 0. The maximum absolute atomic E-state index is 12.8. The zero-order chi connectivity index (χ0) is 19.8. The molecule has 0 saturated carbocycles. The molecule has 0 aliphatic rings. The van der Waals surface area contributed by atoms with Crippen molar-refractivity contribution < 1.29 is 0 Å². The van der Waals surface area contributed by atoms with Gasteiger partial charge in [0.25, 0.3) is 5.56 Å². The van der Waals surface area contributed by atoms with Gasteiger partial charge in [-0.15, -0.1) is 5.10 Å². The van der Waals surface area contributed by atoms with Gasteiger partial charge in [0.05, 0.1) is 4.53 Å². The van der Waals surface area contributed by atoms with Crippen molar-refractivity contribution >= 4 is 56.9 Å². The van der Waals surface area contributed by atoms with Crippen molar-refractivity contribution in [3.8, 4) is 0 Å². The van der Waals surface area contributed by atoms with Crippen LogP contribution in [0.1, 0.15) is 17.0 Å². The van der Waals surface area contributed by atoms with Crippen molar-refractivity contribution in [1.82, 2.24) is 14.6 Å². The monoisotopic (exact) mass is 415 g/mol. The summed E-state index contributed by atoms with van der Waals surface area (Å²) >= 11 is 7.24. The molecule has 0 bridgehead atoms. The Morgan fingerprint density at radius 3 is 2.55 bits per heavy atom. The molecule has 2 aromatic heterocycles. The minimum atomic E-state index is -0.156. The predicted molar refractivity (Wildman–Crippen MR) is 120 cm³/mol. The molecule has 0 spiro atoms. The first-order valence-electron chi connectivity index (χ1n) is 9.00. The zero-order valence-electron chi connectivity index (χ0n) is 15.1. The van der Waals surface area contributed by atoms with Crippen LogP contribution in [-0.4, -0.2) is 14.6 Å². The van der Waals surface area contributed by atoms with Gasteiger partial charge in [-0.2, -0.15) is 9.50 Å². The molecule has 5 rings (SSSR count). The molecular weight excluding hydrogens is 402 g/mol. The highest BCUT2D eigenvalue weighted by Gasteiger charge is 2.09. The minimum Gasteiger partial charge on any atom is -0.266 e. The summed E-state index contributed by atoms with van der Waals surface area (Å²) in [5.74, 6) is 0.500. The number of halogens is 1. The van der Waals surface area contributed by atoms with Gasteiger partial charge in [0.1, 0.15) is 0 Å². The SMILES string of the molecule is O=c1c(=Cc2cccc3ccccc23)sc2nc(C=Cc3ccc(Cl)cc3)nn12. The maximum atomic E-state index is 12.8. The second kappa shape index (κ2) is 7.28. The summed E-state index contributed by atoms with van der Waals surface area (Å²) in [5, 5.41) is 7.28. The molecule has 4 nitrogen and oxygen atoms in total. The van der Waals surface area contributed by atoms with E-state index < -0.39 is 0 Å². The molecule has 0 atom stereocenters. The molecule has 0 aliphatic carbocycles. The van der Waals surface area contributed by atoms with Crippen LogP contribution in [0.4, 0.5) is 0 Å². The van der Waals surface area contributed by atoms with Crippen molar-refractivity contribution in [2.45, 2.75) is 0 Å². The fourth-order valence-electron chi connectivity index (χ4n) is 3.18. The summed E-state index contributed by atoms with van der Waals surface area (Å²) in [6.07, 6.45) is 5.59. The Morgan fingerprint density at radius 2 is 1.72 bits per heavy atom. The lowest BCUT2D eigenvalue weighted by Gasteiger charge is -2.00. The first kappa shape index (κ1) is 17.8. The third kappa shape index (κ3) is 3.46. The Labute approximate surface area is 175 Å². The summed E-state index contributed by atoms with van der Waals surface area (Å²) in [7, 11) is 0. The van der Waals surface area contributed by atoms with Crippen LogP contribution in [0, 0.1) is 0 Å². The van der Waals surface area contributed by atoms with E-state index >= 15 is 0 Å². The van der Waals surface area contributed by atoms with Crippen molar-refractivity contribution in [3.05, 3.63) is 104 Å². The number of aromatic nitrogens is 3. The van der Waals surface area contributed by atoms with Crippen LogP contribution in [0.2, 0.25) is 5.02 Å². The molecule has 0 radical (unpaired) electrons. The second-order valence-corrected chi connectivity index (χ2v) is 7.98. The van der Waals surface area contributed by atoms with Gasteiger partial charge in [-0.3, -0.25) is 4.79 Å². The Kier molecular flexibility index (Phi) is 4.46. The van der Waals surface area contributed by atoms with Gasteiger partial charge in [0.2, 0.25) is 4.96 Å². The molecule has 6 heteroatoms. The molecule has 2 heterocycles. The first-order valence-corrected chi connectivity index (χ1v) is 10.2. The van der Waals surface area contributed by atoms with Crippen molar-refractivity contribution in [2.24, 2.45) is 0 Å². The van der Waals surface area contributed by atoms with E-state index in [4.69, 9.17) is 11.6 Å². The van der Waals surface area contributed by atoms with Gasteiger partial charge in [-0.25, -0.2) is 0 Å². The van der Waals surface area contributed by atoms with Gasteiger partial charge in [-0.1, -0.05) is 83.6 Å². The zero-order valence-corrected chi connectivity index (χ0v) is 16.7. The van der Waals surface area contributed by atoms with Crippen LogP contribution in [0.15, 0.2) is 71.5 Å². The van der Waals surface area contributed by atoms with Crippen molar-refractivity contribution in [3.63, 3.8) is 0 Å². The molecule has 3 aromatic carbocycles. The Bertz CT molecular complexity index is 1480. The van der Waals surface area contributed by atoms with Crippen LogP contribution in [-0.2, 0) is 0 Å². The molecule has 0 saturated heterocycles. The molecule has 0 fully saturated rings. The third-order valence-corrected chi connectivity index (χ3v) is 5.81. The highest BCUT2D eigenvalue weighted by atomic mass is 35.5. The molecular formula is C23H14ClN3OS. The number of hydrogen-bond donors (Lipinski definition) is 0. The number of nitrogens with zero attached hydrogens (tertiary/aromatic N) is 3. The van der Waals surface area contributed by atoms with Gasteiger partial charge in [0, 0.05) is 5.02 Å². The van der Waals surface area contributed by atoms with E-state index in [9.17, 15) is 4.79 Å². The maximum Gasteiger partial charge on any atom is 0.291 e. The minimum absolute atomic E-state index is 0.156. The normalized spacial score (nSPS) is 12.5. The summed E-state index contributed by atoms with van der Waals surface area (Å²) in [5.41, 5.74) is 1.84. The molecule has 0 aliphatic heterocycles. The van der Waals surface area contributed by atoms with E-state index in [1.165, 1.54) is 15.9 Å². The smallest absolute Gasteiger partial charge is 0.266 e. The average Bonchev–Trinajstić information content (AvgIpc) is 3.27. The third-order valence-electron chi connectivity index (χ3n) is 4.60. The molecule has 29 heavy (non-hydrogen) atoms. The standard InChI is InChI=1S/C23H14ClN3OS/c24-18-11-8-15(9-12-18)10-13-21-25-23-27(26-21)22(28)20(29-23)14-17-6-3-5-16-4-1-2-7-19(16)17/h1-14H. The van der Waals surface area contributed by atoms with Crippen LogP contribution in [0.5, 0.6) is 0 Å². The quantitative estimate of drug-likeness (QED) is 0.430. The highest BCUT2D eigenvalue weighted by Crippen LogP contribution is 2.19. The average molecular weight is 416 g/mol. The van der Waals surface area contributed by atoms with E-state index in [1.807, 2.05) is 60.7 Å². The topological polar surface area (TPSA) is 47.3 Å². The molecule has 0 amide bonds. The van der Waals surface area contributed by atoms with Crippen LogP contribution in [0.25, 0.3) is 34.0 Å². The fraction of sp³-hybridized carbons (Fsp3) is 0. The van der Waals surface area contributed by atoms with Gasteiger partial charge in [-0.05, 0) is 46.2 Å². The predicted octanol–water partition coefficient (Wildman–Crippen LogP) is 4.68. The van der Waals surface area contributed by atoms with Crippen molar-refractivity contribution in [2.75, 3.05) is 0 Å². The lowest BCUT2D eigenvalue weighted by Crippen LogP contribution is -2.23. The Morgan fingerprint density at radius 1 is 0.931 bits per heavy atom. The van der Waals surface area contributed by atoms with Gasteiger partial charge in [0.15, 0.2) is 5.82 Å². The summed E-state index contributed by atoms with van der Waals surface area (Å²) in [4.78, 5) is 17.8. The van der Waals surface area contributed by atoms with Crippen LogP contribution in [0.3, 0.4) is 0 Å². The number of hydrogen-bond acceptors (Lipinski definition) is 4. The second-order valence-electron chi connectivity index (χ2n) is 6.53. The molecule has 0 N–H and O–H groups in total. The number of fused-ring (bicyclic) bond motifs is 2. The molecule has 140 valence electrons. The highest BCUT2D eigenvalue weighted by molar-refractivity contribution is 7.15. The van der Waals surface area contributed by atoms with E-state index in [1.54, 1.807) is 6.08 Å². The number of benzene rings is 3. The lowest BCUT2D eigenvalue weighted by molar-refractivity contribution is 0.925. The first-order chi connectivity index (χ1) is 14.2. The number of thiazole rings is 1. The fourth-order valence-corrected chi connectivity index (χ4v) is 4.21. The van der Waals surface area contributed by atoms with E-state index in [0.717, 1.165) is 21.9 Å². The van der Waals surface area contributed by atoms with Gasteiger partial charge >= 0.3 is 0 Å². The summed E-state index contributed by atoms with van der Waals surface area (Å²) in [6, 6.07) is 21.7. The van der Waals surface area contributed by atoms with E-state index in [-0.39, 0.29) is 5.56 Å². The van der Waals surface area contributed by atoms with Crippen LogP contribution < -0.4 is 10.1 Å².